The highest BCUT2D eigenvalue weighted by atomic mass is 16.5. The molecule has 16 heavy (non-hydrogen) atoms. The van der Waals surface area contributed by atoms with Crippen LogP contribution in [-0.2, 0) is 4.74 Å². The normalized spacial score (nSPS) is 15.8. The van der Waals surface area contributed by atoms with Gasteiger partial charge in [0.15, 0.2) is 0 Å². The fraction of sp³-hybridized carbons (Fsp3) is 1.00. The first kappa shape index (κ1) is 15.9. The van der Waals surface area contributed by atoms with Crippen LogP contribution in [0.4, 0.5) is 0 Å². The van der Waals surface area contributed by atoms with Gasteiger partial charge in [0.05, 0.1) is 6.61 Å². The fourth-order valence-corrected chi connectivity index (χ4v) is 1.70. The Morgan fingerprint density at radius 1 is 1.12 bits per heavy atom. The smallest absolute Gasteiger partial charge is 0.0615 e. The Bertz CT molecular complexity index is 162. The van der Waals surface area contributed by atoms with Crippen LogP contribution in [0.15, 0.2) is 0 Å². The lowest BCUT2D eigenvalue weighted by molar-refractivity contribution is 0.0913. The monoisotopic (exact) mass is 230 g/mol. The fourth-order valence-electron chi connectivity index (χ4n) is 1.70. The minimum atomic E-state index is 0.491. The first-order valence-corrected chi connectivity index (χ1v) is 6.40. The van der Waals surface area contributed by atoms with E-state index in [-0.39, 0.29) is 0 Å². The molecule has 0 rings (SSSR count). The van der Waals surface area contributed by atoms with E-state index in [1.54, 1.807) is 7.11 Å². The van der Waals surface area contributed by atoms with Gasteiger partial charge in [-0.25, -0.2) is 0 Å². The summed E-state index contributed by atoms with van der Waals surface area (Å²) in [5.74, 6) is 0.737. The van der Waals surface area contributed by atoms with Crippen molar-refractivity contribution in [1.82, 2.24) is 10.2 Å². The zero-order valence-corrected chi connectivity index (χ0v) is 11.9. The molecule has 0 spiro atoms. The predicted octanol–water partition coefficient (Wildman–Crippen LogP) is 1.98. The quantitative estimate of drug-likeness (QED) is 0.613. The molecule has 0 saturated carbocycles. The highest BCUT2D eigenvalue weighted by molar-refractivity contribution is 4.70. The van der Waals surface area contributed by atoms with E-state index in [0.717, 1.165) is 25.6 Å². The van der Waals surface area contributed by atoms with Crippen molar-refractivity contribution in [2.24, 2.45) is 5.92 Å². The molecule has 0 amide bonds. The third kappa shape index (κ3) is 7.20. The Hall–Kier alpha value is -0.120. The van der Waals surface area contributed by atoms with E-state index in [1.165, 1.54) is 6.42 Å². The summed E-state index contributed by atoms with van der Waals surface area (Å²) in [6.07, 6.45) is 1.19. The number of hydrogen-bond donors (Lipinski definition) is 1. The van der Waals surface area contributed by atoms with Crippen LogP contribution in [0.3, 0.4) is 0 Å². The molecule has 0 aliphatic carbocycles. The van der Waals surface area contributed by atoms with Gasteiger partial charge in [0.25, 0.3) is 0 Å². The summed E-state index contributed by atoms with van der Waals surface area (Å²) in [4.78, 5) is 2.39. The molecule has 2 atom stereocenters. The Morgan fingerprint density at radius 3 is 2.25 bits per heavy atom. The van der Waals surface area contributed by atoms with Gasteiger partial charge in [-0.05, 0) is 46.3 Å². The van der Waals surface area contributed by atoms with Crippen LogP contribution >= 0.6 is 0 Å². The molecular weight excluding hydrogens is 200 g/mol. The van der Waals surface area contributed by atoms with Gasteiger partial charge in [-0.15, -0.1) is 0 Å². The number of hydrogen-bond acceptors (Lipinski definition) is 3. The maximum absolute atomic E-state index is 5.17. The highest BCUT2D eigenvalue weighted by Crippen LogP contribution is 2.05. The van der Waals surface area contributed by atoms with Crippen LogP contribution in [-0.4, -0.2) is 50.8 Å². The number of methoxy groups -OCH3 is 1. The summed E-state index contributed by atoms with van der Waals surface area (Å²) in [6, 6.07) is 1.09. The molecule has 1 N–H and O–H groups in total. The van der Waals surface area contributed by atoms with Gasteiger partial charge in [-0.1, -0.05) is 13.8 Å². The molecule has 3 heteroatoms. The van der Waals surface area contributed by atoms with Gasteiger partial charge >= 0.3 is 0 Å². The van der Waals surface area contributed by atoms with Gasteiger partial charge in [0.2, 0.25) is 0 Å². The highest BCUT2D eigenvalue weighted by Gasteiger charge is 2.14. The summed E-state index contributed by atoms with van der Waals surface area (Å²) >= 11 is 0. The predicted molar refractivity (Wildman–Crippen MR) is 70.9 cm³/mol. The van der Waals surface area contributed by atoms with Crippen LogP contribution in [0.2, 0.25) is 0 Å². The van der Waals surface area contributed by atoms with Gasteiger partial charge in [0.1, 0.15) is 0 Å². The van der Waals surface area contributed by atoms with E-state index < -0.39 is 0 Å². The second kappa shape index (κ2) is 8.97. The molecular formula is C13H30N2O. The molecule has 0 bridgehead atoms. The van der Waals surface area contributed by atoms with Crippen LogP contribution < -0.4 is 5.32 Å². The van der Waals surface area contributed by atoms with Crippen molar-refractivity contribution < 1.29 is 4.74 Å². The van der Waals surface area contributed by atoms with Crippen LogP contribution in [0.1, 0.15) is 34.1 Å². The molecule has 0 saturated heterocycles. The third-order valence-electron chi connectivity index (χ3n) is 3.09. The van der Waals surface area contributed by atoms with Crippen molar-refractivity contribution in [3.05, 3.63) is 0 Å². The molecule has 0 aliphatic heterocycles. The van der Waals surface area contributed by atoms with E-state index in [2.05, 4.69) is 45.0 Å². The number of nitrogens with zero attached hydrogens (tertiary/aromatic N) is 1. The summed E-state index contributed by atoms with van der Waals surface area (Å²) in [5.41, 5.74) is 0. The molecule has 0 aromatic carbocycles. The largest absolute Gasteiger partial charge is 0.383 e. The van der Waals surface area contributed by atoms with Crippen LogP contribution in [0, 0.1) is 5.92 Å². The van der Waals surface area contributed by atoms with Gasteiger partial charge in [-0.3, -0.25) is 4.90 Å². The van der Waals surface area contributed by atoms with E-state index in [9.17, 15) is 0 Å². The van der Waals surface area contributed by atoms with Gasteiger partial charge in [0, 0.05) is 19.2 Å². The van der Waals surface area contributed by atoms with E-state index in [1.807, 2.05) is 0 Å². The van der Waals surface area contributed by atoms with Crippen LogP contribution in [0.25, 0.3) is 0 Å². The molecule has 98 valence electrons. The maximum atomic E-state index is 5.17. The van der Waals surface area contributed by atoms with E-state index in [0.29, 0.717) is 12.1 Å². The first-order chi connectivity index (χ1) is 7.49. The zero-order chi connectivity index (χ0) is 12.6. The van der Waals surface area contributed by atoms with Crippen molar-refractivity contribution in [3.63, 3.8) is 0 Å². The minimum absolute atomic E-state index is 0.491. The average molecular weight is 230 g/mol. The number of nitrogens with one attached hydrogen (secondary N) is 1. The molecule has 2 unspecified atom stereocenters. The molecule has 0 radical (unpaired) electrons. The van der Waals surface area contributed by atoms with E-state index >= 15 is 0 Å². The SMILES string of the molecule is COCC(C)N(C)C(C)CCNCC(C)C. The molecule has 0 aromatic heterocycles. The third-order valence-corrected chi connectivity index (χ3v) is 3.09. The standard InChI is InChI=1S/C13H30N2O/c1-11(2)9-14-8-7-12(3)15(5)13(4)10-16-6/h11-14H,7-10H2,1-6H3. The Labute approximate surface area is 102 Å². The number of likely N-dealkylation sites (N-methyl/N-ethyl adjacent to an activating group) is 1. The van der Waals surface area contributed by atoms with Crippen molar-refractivity contribution in [2.45, 2.75) is 46.2 Å². The second-order valence-corrected chi connectivity index (χ2v) is 5.21. The summed E-state index contributed by atoms with van der Waals surface area (Å²) in [5, 5.41) is 3.48. The lowest BCUT2D eigenvalue weighted by Gasteiger charge is -2.30. The van der Waals surface area contributed by atoms with Crippen molar-refractivity contribution in [2.75, 3.05) is 33.9 Å². The maximum Gasteiger partial charge on any atom is 0.0615 e. The minimum Gasteiger partial charge on any atom is -0.383 e. The topological polar surface area (TPSA) is 24.5 Å². The van der Waals surface area contributed by atoms with Crippen molar-refractivity contribution in [1.29, 1.82) is 0 Å². The Morgan fingerprint density at radius 2 is 1.75 bits per heavy atom. The number of rotatable bonds is 9. The Balaban J connectivity index is 3.66. The zero-order valence-electron chi connectivity index (χ0n) is 11.9. The number of ether oxygens (including phenoxy) is 1. The van der Waals surface area contributed by atoms with Crippen molar-refractivity contribution in [3.8, 4) is 0 Å². The van der Waals surface area contributed by atoms with Crippen LogP contribution in [0.5, 0.6) is 0 Å². The lowest BCUT2D eigenvalue weighted by atomic mass is 10.1. The van der Waals surface area contributed by atoms with Gasteiger partial charge < -0.3 is 10.1 Å². The Kier molecular flexibility index (Phi) is 8.90. The molecule has 3 nitrogen and oxygen atoms in total. The molecule has 0 aromatic rings. The summed E-state index contributed by atoms with van der Waals surface area (Å²) in [7, 11) is 3.94. The molecule has 0 fully saturated rings. The van der Waals surface area contributed by atoms with Crippen molar-refractivity contribution >= 4 is 0 Å². The first-order valence-electron chi connectivity index (χ1n) is 6.40. The molecule has 0 aliphatic rings. The average Bonchev–Trinajstić information content (AvgIpc) is 2.23. The van der Waals surface area contributed by atoms with E-state index in [4.69, 9.17) is 4.74 Å². The molecule has 0 heterocycles. The summed E-state index contributed by atoms with van der Waals surface area (Å²) < 4.78 is 5.17. The lowest BCUT2D eigenvalue weighted by Crippen LogP contribution is -2.40. The summed E-state index contributed by atoms with van der Waals surface area (Å²) in [6.45, 7) is 12.0. The second-order valence-electron chi connectivity index (χ2n) is 5.21. The van der Waals surface area contributed by atoms with Gasteiger partial charge in [-0.2, -0.15) is 0 Å².